The van der Waals surface area contributed by atoms with Crippen molar-refractivity contribution in [1.29, 1.82) is 0 Å². The van der Waals surface area contributed by atoms with Crippen molar-refractivity contribution >= 4 is 56.5 Å². The Morgan fingerprint density at radius 2 is 1.65 bits per heavy atom. The van der Waals surface area contributed by atoms with Crippen LogP contribution < -0.4 is 10.2 Å². The lowest BCUT2D eigenvalue weighted by Gasteiger charge is -2.20. The molecule has 2 heterocycles. The van der Waals surface area contributed by atoms with Crippen molar-refractivity contribution in [3.63, 3.8) is 0 Å². The van der Waals surface area contributed by atoms with Crippen LogP contribution >= 0.6 is 11.3 Å². The second kappa shape index (κ2) is 7.74. The van der Waals surface area contributed by atoms with Crippen LogP contribution in [-0.2, 0) is 0 Å². The summed E-state index contributed by atoms with van der Waals surface area (Å²) in [5, 5.41) is 6.82. The lowest BCUT2D eigenvalue weighted by Crippen LogP contribution is -2.28. The number of amides is 2. The highest BCUT2D eigenvalue weighted by atomic mass is 32.1. The highest BCUT2D eigenvalue weighted by molar-refractivity contribution is 7.12. The van der Waals surface area contributed by atoms with Crippen molar-refractivity contribution in [2.24, 2.45) is 0 Å². The van der Waals surface area contributed by atoms with Crippen LogP contribution in [0.15, 0.2) is 88.7 Å². The van der Waals surface area contributed by atoms with E-state index in [1.807, 2.05) is 60.0 Å². The van der Waals surface area contributed by atoms with E-state index in [1.165, 1.54) is 16.2 Å². The van der Waals surface area contributed by atoms with Crippen molar-refractivity contribution in [3.8, 4) is 0 Å². The summed E-state index contributed by atoms with van der Waals surface area (Å²) in [6.07, 6.45) is 0. The molecule has 0 aliphatic rings. The molecule has 0 aliphatic carbocycles. The number of para-hydroxylation sites is 2. The number of hydrogen-bond donors (Lipinski definition) is 1. The molecule has 0 atom stereocenters. The number of fused-ring (bicyclic) bond motifs is 3. The molecule has 0 aliphatic heterocycles. The first-order chi connectivity index (χ1) is 15.1. The third kappa shape index (κ3) is 3.47. The Morgan fingerprint density at radius 3 is 2.48 bits per heavy atom. The maximum absolute atomic E-state index is 13.1. The van der Waals surface area contributed by atoms with Crippen molar-refractivity contribution < 1.29 is 14.0 Å². The summed E-state index contributed by atoms with van der Waals surface area (Å²) in [4.78, 5) is 28.0. The maximum atomic E-state index is 13.1. The zero-order valence-corrected chi connectivity index (χ0v) is 17.5. The monoisotopic (exact) mass is 426 g/mol. The van der Waals surface area contributed by atoms with E-state index in [0.717, 1.165) is 16.4 Å². The van der Waals surface area contributed by atoms with Gasteiger partial charge in [0.1, 0.15) is 11.2 Å². The Kier molecular flexibility index (Phi) is 4.76. The normalized spacial score (nSPS) is 11.0. The summed E-state index contributed by atoms with van der Waals surface area (Å²) in [7, 11) is 1.68. The maximum Gasteiger partial charge on any atom is 0.268 e. The van der Waals surface area contributed by atoms with Crippen LogP contribution in [0, 0.1) is 0 Å². The largest absolute Gasteiger partial charge is 0.456 e. The number of anilines is 2. The van der Waals surface area contributed by atoms with E-state index < -0.39 is 0 Å². The molecule has 0 fully saturated rings. The molecule has 0 radical (unpaired) electrons. The minimum atomic E-state index is -0.295. The van der Waals surface area contributed by atoms with E-state index >= 15 is 0 Å². The number of thiophene rings is 1. The molecule has 2 amide bonds. The van der Waals surface area contributed by atoms with E-state index in [1.54, 1.807) is 31.3 Å². The molecule has 0 saturated heterocycles. The van der Waals surface area contributed by atoms with Crippen molar-refractivity contribution in [2.75, 3.05) is 17.3 Å². The number of carbonyl (C=O) groups excluding carboxylic acids is 2. The summed E-state index contributed by atoms with van der Waals surface area (Å²) in [5.41, 5.74) is 3.10. The molecule has 31 heavy (non-hydrogen) atoms. The first-order valence-electron chi connectivity index (χ1n) is 9.75. The van der Waals surface area contributed by atoms with Crippen LogP contribution in [0.5, 0.6) is 0 Å². The number of rotatable bonds is 4. The SMILES string of the molecule is CN(C(=O)c1cccs1)c1ccccc1C(=O)Nc1ccc2c(c1)oc1ccccc12. The van der Waals surface area contributed by atoms with Gasteiger partial charge in [0.05, 0.1) is 16.1 Å². The van der Waals surface area contributed by atoms with Gasteiger partial charge in [0, 0.05) is 29.6 Å². The average Bonchev–Trinajstić information content (AvgIpc) is 3.46. The van der Waals surface area contributed by atoms with Gasteiger partial charge in [-0.1, -0.05) is 36.4 Å². The van der Waals surface area contributed by atoms with Gasteiger partial charge in [-0.15, -0.1) is 11.3 Å². The van der Waals surface area contributed by atoms with Gasteiger partial charge in [0.2, 0.25) is 0 Å². The molecule has 2 aromatic heterocycles. The topological polar surface area (TPSA) is 62.6 Å². The second-order valence-corrected chi connectivity index (χ2v) is 8.07. The summed E-state index contributed by atoms with van der Waals surface area (Å²) >= 11 is 1.37. The standard InChI is InChI=1S/C25H18N2O3S/c1-27(25(29)23-11-6-14-31-23)20-9-4-2-8-19(20)24(28)26-16-12-13-18-17-7-3-5-10-21(17)30-22(18)15-16/h2-15H,1H3,(H,26,28). The summed E-state index contributed by atoms with van der Waals surface area (Å²) in [6, 6.07) is 24.1. The highest BCUT2D eigenvalue weighted by Crippen LogP contribution is 2.31. The van der Waals surface area contributed by atoms with Gasteiger partial charge < -0.3 is 14.6 Å². The molecule has 0 spiro atoms. The third-order valence-corrected chi connectivity index (χ3v) is 6.04. The molecule has 5 aromatic rings. The minimum Gasteiger partial charge on any atom is -0.456 e. The van der Waals surface area contributed by atoms with Crippen LogP contribution in [0.1, 0.15) is 20.0 Å². The average molecular weight is 426 g/mol. The fourth-order valence-electron chi connectivity index (χ4n) is 3.64. The number of furan rings is 1. The Morgan fingerprint density at radius 1 is 0.871 bits per heavy atom. The van der Waals surface area contributed by atoms with Crippen LogP contribution in [0.4, 0.5) is 11.4 Å². The van der Waals surface area contributed by atoms with E-state index in [2.05, 4.69) is 5.32 Å². The minimum absolute atomic E-state index is 0.154. The van der Waals surface area contributed by atoms with Gasteiger partial charge in [-0.3, -0.25) is 9.59 Å². The van der Waals surface area contributed by atoms with E-state index in [-0.39, 0.29) is 11.8 Å². The van der Waals surface area contributed by atoms with Gasteiger partial charge >= 0.3 is 0 Å². The molecule has 0 bridgehead atoms. The zero-order valence-electron chi connectivity index (χ0n) is 16.7. The van der Waals surface area contributed by atoms with Gasteiger partial charge in [-0.2, -0.15) is 0 Å². The fourth-order valence-corrected chi connectivity index (χ4v) is 4.33. The number of benzene rings is 3. The molecule has 3 aromatic carbocycles. The van der Waals surface area contributed by atoms with Gasteiger partial charge in [-0.25, -0.2) is 0 Å². The predicted octanol–water partition coefficient (Wildman–Crippen LogP) is 6.18. The number of nitrogens with one attached hydrogen (secondary N) is 1. The van der Waals surface area contributed by atoms with Crippen molar-refractivity contribution in [1.82, 2.24) is 0 Å². The molecular formula is C25H18N2O3S. The molecule has 0 unspecified atom stereocenters. The number of hydrogen-bond acceptors (Lipinski definition) is 4. The van der Waals surface area contributed by atoms with E-state index in [4.69, 9.17) is 4.42 Å². The summed E-state index contributed by atoms with van der Waals surface area (Å²) < 4.78 is 5.91. The van der Waals surface area contributed by atoms with Crippen LogP contribution in [0.3, 0.4) is 0 Å². The fraction of sp³-hybridized carbons (Fsp3) is 0.0400. The molecule has 0 saturated carbocycles. The van der Waals surface area contributed by atoms with Gasteiger partial charge in [-0.05, 0) is 41.8 Å². The number of nitrogens with zero attached hydrogens (tertiary/aromatic N) is 1. The van der Waals surface area contributed by atoms with Crippen molar-refractivity contribution in [2.45, 2.75) is 0 Å². The zero-order chi connectivity index (χ0) is 21.4. The Balaban J connectivity index is 1.44. The first-order valence-corrected chi connectivity index (χ1v) is 10.6. The predicted molar refractivity (Wildman–Crippen MR) is 125 cm³/mol. The number of carbonyl (C=O) groups is 2. The van der Waals surface area contributed by atoms with E-state index in [9.17, 15) is 9.59 Å². The van der Waals surface area contributed by atoms with Crippen LogP contribution in [0.25, 0.3) is 21.9 Å². The van der Waals surface area contributed by atoms with Gasteiger partial charge in [0.15, 0.2) is 0 Å². The van der Waals surface area contributed by atoms with Crippen molar-refractivity contribution in [3.05, 3.63) is 94.7 Å². The lowest BCUT2D eigenvalue weighted by atomic mass is 10.1. The molecule has 1 N–H and O–H groups in total. The Hall–Kier alpha value is -3.90. The summed E-state index contributed by atoms with van der Waals surface area (Å²) in [5.74, 6) is -0.448. The molecule has 5 nitrogen and oxygen atoms in total. The smallest absolute Gasteiger partial charge is 0.268 e. The van der Waals surface area contributed by atoms with Gasteiger partial charge in [0.25, 0.3) is 11.8 Å². The molecule has 6 heteroatoms. The molecule has 152 valence electrons. The summed E-state index contributed by atoms with van der Waals surface area (Å²) in [6.45, 7) is 0. The van der Waals surface area contributed by atoms with Crippen LogP contribution in [-0.4, -0.2) is 18.9 Å². The Bertz CT molecular complexity index is 1420. The highest BCUT2D eigenvalue weighted by Gasteiger charge is 2.20. The first kappa shape index (κ1) is 19.1. The van der Waals surface area contributed by atoms with Crippen LogP contribution in [0.2, 0.25) is 0 Å². The Labute approximate surface area is 182 Å². The molecular weight excluding hydrogens is 408 g/mol. The quantitative estimate of drug-likeness (QED) is 0.373. The molecule has 5 rings (SSSR count). The third-order valence-electron chi connectivity index (χ3n) is 5.18. The second-order valence-electron chi connectivity index (χ2n) is 7.12. The van der Waals surface area contributed by atoms with E-state index in [0.29, 0.717) is 27.4 Å². The lowest BCUT2D eigenvalue weighted by molar-refractivity contribution is 0.0996.